The molecular formula is C24H22BrN3O. The van der Waals surface area contributed by atoms with Crippen molar-refractivity contribution >= 4 is 32.9 Å². The first kappa shape index (κ1) is 19.4. The van der Waals surface area contributed by atoms with Gasteiger partial charge in [0.2, 0.25) is 0 Å². The van der Waals surface area contributed by atoms with Crippen LogP contribution in [0.25, 0.3) is 11.0 Å². The lowest BCUT2D eigenvalue weighted by molar-refractivity contribution is 0.0949. The molecule has 0 saturated carbocycles. The third kappa shape index (κ3) is 4.25. The lowest BCUT2D eigenvalue weighted by Crippen LogP contribution is -2.25. The molecular weight excluding hydrogens is 426 g/mol. The van der Waals surface area contributed by atoms with Gasteiger partial charge in [0, 0.05) is 16.6 Å². The zero-order valence-corrected chi connectivity index (χ0v) is 18.0. The van der Waals surface area contributed by atoms with E-state index < -0.39 is 0 Å². The number of nitrogens with zero attached hydrogens (tertiary/aromatic N) is 2. The summed E-state index contributed by atoms with van der Waals surface area (Å²) in [5, 5.41) is 3.01. The maximum atomic E-state index is 12.5. The Morgan fingerprint density at radius 1 is 1.03 bits per heavy atom. The summed E-state index contributed by atoms with van der Waals surface area (Å²) in [5.41, 5.74) is 6.38. The second kappa shape index (κ2) is 8.21. The van der Waals surface area contributed by atoms with Crippen LogP contribution in [-0.4, -0.2) is 15.5 Å². The quantitative estimate of drug-likeness (QED) is 0.445. The summed E-state index contributed by atoms with van der Waals surface area (Å²) < 4.78 is 3.14. The van der Waals surface area contributed by atoms with Crippen molar-refractivity contribution in [1.29, 1.82) is 0 Å². The first-order chi connectivity index (χ1) is 14.0. The fraction of sp³-hybridized carbons (Fsp3) is 0.167. The van der Waals surface area contributed by atoms with Crippen molar-refractivity contribution in [2.24, 2.45) is 0 Å². The molecule has 0 radical (unpaired) electrons. The van der Waals surface area contributed by atoms with Crippen LogP contribution in [0.4, 0.5) is 0 Å². The van der Waals surface area contributed by atoms with E-state index in [1.54, 1.807) is 12.1 Å². The molecule has 146 valence electrons. The number of carbonyl (C=O) groups excluding carboxylic acids is 1. The molecule has 4 rings (SSSR count). The Kier molecular flexibility index (Phi) is 5.49. The van der Waals surface area contributed by atoms with Gasteiger partial charge in [-0.15, -0.1) is 0 Å². The number of aromatic nitrogens is 2. The molecule has 0 bridgehead atoms. The topological polar surface area (TPSA) is 46.9 Å². The fourth-order valence-corrected chi connectivity index (χ4v) is 3.70. The zero-order chi connectivity index (χ0) is 20.4. The lowest BCUT2D eigenvalue weighted by Gasteiger charge is -2.13. The highest BCUT2D eigenvalue weighted by Crippen LogP contribution is 2.20. The number of aryl methyl sites for hydroxylation is 2. The van der Waals surface area contributed by atoms with Crippen LogP contribution < -0.4 is 5.32 Å². The summed E-state index contributed by atoms with van der Waals surface area (Å²) in [4.78, 5) is 17.3. The molecule has 0 fully saturated rings. The fourth-order valence-electron chi connectivity index (χ4n) is 3.44. The van der Waals surface area contributed by atoms with Gasteiger partial charge in [0.25, 0.3) is 5.91 Å². The van der Waals surface area contributed by atoms with E-state index >= 15 is 0 Å². The van der Waals surface area contributed by atoms with E-state index in [-0.39, 0.29) is 5.91 Å². The molecule has 1 aromatic heterocycles. The summed E-state index contributed by atoms with van der Waals surface area (Å²) >= 11 is 3.40. The van der Waals surface area contributed by atoms with Gasteiger partial charge in [-0.3, -0.25) is 4.79 Å². The molecule has 29 heavy (non-hydrogen) atoms. The number of amides is 1. The summed E-state index contributed by atoms with van der Waals surface area (Å²) in [6.45, 7) is 5.32. The molecule has 1 amide bonds. The molecule has 1 heterocycles. The average Bonchev–Trinajstić information content (AvgIpc) is 3.07. The van der Waals surface area contributed by atoms with E-state index in [2.05, 4.69) is 63.9 Å². The summed E-state index contributed by atoms with van der Waals surface area (Å²) in [7, 11) is 0. The van der Waals surface area contributed by atoms with Crippen molar-refractivity contribution in [3.8, 4) is 0 Å². The lowest BCUT2D eigenvalue weighted by atomic mass is 10.1. The Labute approximate surface area is 178 Å². The minimum atomic E-state index is -0.108. The molecule has 4 aromatic rings. The molecule has 1 N–H and O–H groups in total. The highest BCUT2D eigenvalue weighted by Gasteiger charge is 2.14. The van der Waals surface area contributed by atoms with E-state index in [4.69, 9.17) is 4.98 Å². The van der Waals surface area contributed by atoms with Crippen LogP contribution in [0, 0.1) is 13.8 Å². The first-order valence-electron chi connectivity index (χ1n) is 9.55. The van der Waals surface area contributed by atoms with E-state index in [0.717, 1.165) is 27.9 Å². The van der Waals surface area contributed by atoms with Crippen LogP contribution >= 0.6 is 15.9 Å². The third-order valence-electron chi connectivity index (χ3n) is 5.08. The van der Waals surface area contributed by atoms with Crippen LogP contribution in [0.5, 0.6) is 0 Å². The van der Waals surface area contributed by atoms with Crippen LogP contribution in [0.1, 0.15) is 32.9 Å². The van der Waals surface area contributed by atoms with Crippen molar-refractivity contribution in [3.63, 3.8) is 0 Å². The number of fused-ring (bicyclic) bond motifs is 1. The Bertz CT molecular complexity index is 1180. The van der Waals surface area contributed by atoms with Crippen molar-refractivity contribution in [3.05, 3.63) is 99.3 Å². The van der Waals surface area contributed by atoms with Crippen LogP contribution in [0.15, 0.2) is 71.2 Å². The van der Waals surface area contributed by atoms with Crippen molar-refractivity contribution < 1.29 is 4.79 Å². The number of nitrogens with one attached hydrogen (secondary N) is 1. The normalized spacial score (nSPS) is 11.0. The highest BCUT2D eigenvalue weighted by molar-refractivity contribution is 9.10. The van der Waals surface area contributed by atoms with Gasteiger partial charge in [0.15, 0.2) is 0 Å². The van der Waals surface area contributed by atoms with E-state index in [0.29, 0.717) is 12.1 Å². The average molecular weight is 448 g/mol. The number of hydrogen-bond acceptors (Lipinski definition) is 2. The van der Waals surface area contributed by atoms with E-state index in [1.807, 2.05) is 30.3 Å². The number of rotatable bonds is 5. The minimum absolute atomic E-state index is 0.108. The highest BCUT2D eigenvalue weighted by atomic mass is 79.9. The number of hydrogen-bond donors (Lipinski definition) is 1. The van der Waals surface area contributed by atoms with Gasteiger partial charge >= 0.3 is 0 Å². The van der Waals surface area contributed by atoms with Crippen molar-refractivity contribution in [1.82, 2.24) is 14.9 Å². The molecule has 3 aromatic carbocycles. The molecule has 5 heteroatoms. The van der Waals surface area contributed by atoms with Gasteiger partial charge < -0.3 is 9.88 Å². The minimum Gasteiger partial charge on any atom is -0.345 e. The number of para-hydroxylation sites is 2. The first-order valence-corrected chi connectivity index (χ1v) is 10.3. The van der Waals surface area contributed by atoms with Gasteiger partial charge in [-0.25, -0.2) is 4.98 Å². The van der Waals surface area contributed by atoms with E-state index in [9.17, 15) is 4.79 Å². The Hall–Kier alpha value is -2.92. The summed E-state index contributed by atoms with van der Waals surface area (Å²) in [5.74, 6) is 0.736. The van der Waals surface area contributed by atoms with Crippen LogP contribution in [0.3, 0.4) is 0 Å². The van der Waals surface area contributed by atoms with Crippen molar-refractivity contribution in [2.45, 2.75) is 26.9 Å². The Morgan fingerprint density at radius 3 is 2.59 bits per heavy atom. The SMILES string of the molecule is Cc1ccc(C)c(Cn2c(CNC(=O)c3ccc(Br)cc3)nc3ccccc32)c1. The number of carbonyl (C=O) groups is 1. The van der Waals surface area contributed by atoms with Crippen molar-refractivity contribution in [2.75, 3.05) is 0 Å². The summed E-state index contributed by atoms with van der Waals surface area (Å²) in [6.07, 6.45) is 0. The monoisotopic (exact) mass is 447 g/mol. The Balaban J connectivity index is 1.63. The molecule has 4 nitrogen and oxygen atoms in total. The zero-order valence-electron chi connectivity index (χ0n) is 16.4. The predicted molar refractivity (Wildman–Crippen MR) is 120 cm³/mol. The van der Waals surface area contributed by atoms with Gasteiger partial charge in [-0.1, -0.05) is 51.8 Å². The molecule has 0 aliphatic carbocycles. The molecule has 0 spiro atoms. The Morgan fingerprint density at radius 2 is 1.79 bits per heavy atom. The molecule has 0 unspecified atom stereocenters. The molecule has 0 aliphatic rings. The van der Waals surface area contributed by atoms with Crippen LogP contribution in [0.2, 0.25) is 0 Å². The van der Waals surface area contributed by atoms with Crippen LogP contribution in [-0.2, 0) is 13.1 Å². The molecule has 0 saturated heterocycles. The van der Waals surface area contributed by atoms with Gasteiger partial charge in [-0.05, 0) is 61.4 Å². The smallest absolute Gasteiger partial charge is 0.251 e. The van der Waals surface area contributed by atoms with E-state index in [1.165, 1.54) is 16.7 Å². The van der Waals surface area contributed by atoms with Gasteiger partial charge in [-0.2, -0.15) is 0 Å². The number of imidazole rings is 1. The summed E-state index contributed by atoms with van der Waals surface area (Å²) in [6, 6.07) is 21.9. The third-order valence-corrected chi connectivity index (χ3v) is 5.61. The van der Waals surface area contributed by atoms with Gasteiger partial charge in [0.1, 0.15) is 5.82 Å². The second-order valence-electron chi connectivity index (χ2n) is 7.22. The maximum Gasteiger partial charge on any atom is 0.251 e. The maximum absolute atomic E-state index is 12.5. The second-order valence-corrected chi connectivity index (χ2v) is 8.14. The standard InChI is InChI=1S/C24H22BrN3O/c1-16-7-8-17(2)19(13-16)15-28-22-6-4-3-5-21(22)27-23(28)14-26-24(29)18-9-11-20(25)12-10-18/h3-13H,14-15H2,1-2H3,(H,26,29). The molecule has 0 atom stereocenters. The largest absolute Gasteiger partial charge is 0.345 e. The predicted octanol–water partition coefficient (Wildman–Crippen LogP) is 5.39. The number of halogens is 1. The molecule has 0 aliphatic heterocycles. The number of benzene rings is 3. The van der Waals surface area contributed by atoms with Gasteiger partial charge in [0.05, 0.1) is 17.6 Å².